The summed E-state index contributed by atoms with van der Waals surface area (Å²) >= 11 is 1.21. The van der Waals surface area contributed by atoms with E-state index in [-0.39, 0.29) is 22.0 Å². The number of benzene rings is 4. The van der Waals surface area contributed by atoms with Crippen LogP contribution in [-0.4, -0.2) is 0 Å². The smallest absolute Gasteiger partial charge is 0.204 e. The number of aryl methyl sites for hydroxylation is 1. The summed E-state index contributed by atoms with van der Waals surface area (Å²) in [5.41, 5.74) is -0.733. The summed E-state index contributed by atoms with van der Waals surface area (Å²) in [6.07, 6.45) is -1.57. The molecule has 0 radical (unpaired) electrons. The lowest BCUT2D eigenvalue weighted by molar-refractivity contribution is -0.140. The van der Waals surface area contributed by atoms with E-state index in [4.69, 9.17) is 0 Å². The van der Waals surface area contributed by atoms with Crippen molar-refractivity contribution in [2.24, 2.45) is 9.98 Å². The maximum atomic E-state index is 14.3. The van der Waals surface area contributed by atoms with Gasteiger partial charge in [-0.25, -0.2) is 17.6 Å². The molecule has 0 spiro atoms. The van der Waals surface area contributed by atoms with E-state index in [0.717, 1.165) is 6.07 Å². The van der Waals surface area contributed by atoms with Gasteiger partial charge < -0.3 is 0 Å². The van der Waals surface area contributed by atoms with Gasteiger partial charge in [0.1, 0.15) is 10.7 Å². The summed E-state index contributed by atoms with van der Waals surface area (Å²) in [4.78, 5) is 8.06. The molecule has 0 saturated carbocycles. The highest BCUT2D eigenvalue weighted by molar-refractivity contribution is 7.26. The van der Waals surface area contributed by atoms with Crippen LogP contribution in [0.25, 0.3) is 64.0 Å². The topological polar surface area (TPSA) is 72.3 Å². The van der Waals surface area contributed by atoms with Crippen LogP contribution in [-0.2, 0) is 6.18 Å². The van der Waals surface area contributed by atoms with Gasteiger partial charge in [-0.1, -0.05) is 24.3 Å². The van der Waals surface area contributed by atoms with E-state index >= 15 is 0 Å². The predicted octanol–water partition coefficient (Wildman–Crippen LogP) is 9.22. The van der Waals surface area contributed by atoms with Crippen LogP contribution in [0.5, 0.6) is 0 Å². The number of hydrogen-bond donors (Lipinski definition) is 0. The van der Waals surface area contributed by atoms with Crippen LogP contribution in [0.2, 0.25) is 0 Å². The van der Waals surface area contributed by atoms with Crippen molar-refractivity contribution in [2.45, 2.75) is 13.1 Å². The van der Waals surface area contributed by atoms with Crippen LogP contribution in [0.4, 0.5) is 30.7 Å². The van der Waals surface area contributed by atoms with Gasteiger partial charge in [-0.3, -0.25) is 0 Å². The molecule has 7 rings (SSSR count). The highest BCUT2D eigenvalue weighted by Gasteiger charge is 2.36. The van der Waals surface area contributed by atoms with Crippen LogP contribution in [0.1, 0.15) is 11.1 Å². The summed E-state index contributed by atoms with van der Waals surface area (Å²) < 4.78 is 97.9. The standard InChI is InChI=1S/C34H13F7N4S/c1-14-6-17(10-24(35)28(14)37)15-2-4-19-21(7-15)30(44-12-42)32-26(19)27-20-5-3-16(8-22(20)31(45-13-43)33(27)46-32)18-9-23(34(39,40)41)29(38)25(36)11-18/h2-11H,1H3. The van der Waals surface area contributed by atoms with Crippen LogP contribution in [0.15, 0.2) is 70.6 Å². The molecule has 4 nitrogen and oxygen atoms in total. The Hall–Kier alpha value is -5.59. The monoisotopic (exact) mass is 642 g/mol. The lowest BCUT2D eigenvalue weighted by Crippen LogP contribution is -2.10. The molecule has 0 amide bonds. The molecule has 224 valence electrons. The number of nitrogens with zero attached hydrogens (tertiary/aromatic N) is 4. The van der Waals surface area contributed by atoms with Crippen molar-refractivity contribution < 1.29 is 30.7 Å². The molecular weight excluding hydrogens is 629 g/mol. The molecule has 7 aromatic rings. The lowest BCUT2D eigenvalue weighted by atomic mass is 9.99. The van der Waals surface area contributed by atoms with Gasteiger partial charge in [0.2, 0.25) is 12.4 Å². The molecule has 0 saturated heterocycles. The van der Waals surface area contributed by atoms with Crippen molar-refractivity contribution in [1.29, 1.82) is 10.5 Å². The summed E-state index contributed by atoms with van der Waals surface area (Å²) in [6, 6.07) is 13.5. The fraction of sp³-hybridized carbons (Fsp3) is 0.0588. The molecule has 46 heavy (non-hydrogen) atoms. The third-order valence-electron chi connectivity index (χ3n) is 7.96. The van der Waals surface area contributed by atoms with Gasteiger partial charge >= 0.3 is 6.18 Å². The average Bonchev–Trinajstić information content (AvgIpc) is 3.63. The van der Waals surface area contributed by atoms with E-state index in [0.29, 0.717) is 70.3 Å². The number of hydrogen-bond acceptors (Lipinski definition) is 5. The second-order valence-corrected chi connectivity index (χ2v) is 11.6. The van der Waals surface area contributed by atoms with E-state index in [2.05, 4.69) is 9.98 Å². The number of halogens is 7. The zero-order valence-corrected chi connectivity index (χ0v) is 23.9. The van der Waals surface area contributed by atoms with Crippen molar-refractivity contribution in [1.82, 2.24) is 0 Å². The predicted molar refractivity (Wildman–Crippen MR) is 160 cm³/mol. The molecule has 0 aliphatic carbocycles. The van der Waals surface area contributed by atoms with Crippen LogP contribution < -0.4 is 10.7 Å². The molecule has 0 aliphatic rings. The van der Waals surface area contributed by atoms with E-state index in [9.17, 15) is 41.3 Å². The van der Waals surface area contributed by atoms with E-state index in [1.807, 2.05) is 6.19 Å². The highest BCUT2D eigenvalue weighted by atomic mass is 32.1. The van der Waals surface area contributed by atoms with Crippen LogP contribution in [0, 0.1) is 53.1 Å². The molecule has 6 aromatic carbocycles. The third-order valence-corrected chi connectivity index (χ3v) is 9.16. The molecule has 12 heteroatoms. The number of nitriles is 2. The van der Waals surface area contributed by atoms with Gasteiger partial charge in [-0.15, -0.1) is 11.3 Å². The maximum absolute atomic E-state index is 14.3. The second-order valence-electron chi connectivity index (χ2n) is 10.6. The van der Waals surface area contributed by atoms with Crippen molar-refractivity contribution in [3.63, 3.8) is 0 Å². The minimum atomic E-state index is -5.13. The van der Waals surface area contributed by atoms with E-state index < -0.39 is 35.0 Å². The Morgan fingerprint density at radius 1 is 0.609 bits per heavy atom. The van der Waals surface area contributed by atoms with E-state index in [1.54, 1.807) is 30.5 Å². The molecule has 0 aliphatic heterocycles. The van der Waals surface area contributed by atoms with Crippen molar-refractivity contribution in [3.05, 3.63) is 106 Å². The van der Waals surface area contributed by atoms with Crippen LogP contribution >= 0.6 is 11.3 Å². The first-order chi connectivity index (χ1) is 21.9. The first-order valence-electron chi connectivity index (χ1n) is 13.4. The first kappa shape index (κ1) is 29.1. The average molecular weight is 643 g/mol. The number of alkyl halides is 3. The lowest BCUT2D eigenvalue weighted by Gasteiger charge is -2.11. The Morgan fingerprint density at radius 3 is 1.54 bits per heavy atom. The zero-order chi connectivity index (χ0) is 32.7. The highest BCUT2D eigenvalue weighted by Crippen LogP contribution is 2.43. The quantitative estimate of drug-likeness (QED) is 0.139. The first-order valence-corrected chi connectivity index (χ1v) is 14.2. The normalized spacial score (nSPS) is 13.0. The zero-order valence-electron chi connectivity index (χ0n) is 23.1. The largest absolute Gasteiger partial charge is 0.419 e. The SMILES string of the molecule is Cc1cc(-c2ccc3c(c2)c(=NC#N)c2sc4c(=NC#N)c5cc(-c6cc(F)c(F)c(C(F)(F)F)c6)ccc5c4c23)cc(F)c1F. The number of thiophene rings is 1. The molecule has 0 unspecified atom stereocenters. The minimum Gasteiger partial charge on any atom is -0.204 e. The van der Waals surface area contributed by atoms with Gasteiger partial charge in [0.15, 0.2) is 23.3 Å². The van der Waals surface area contributed by atoms with Crippen molar-refractivity contribution in [3.8, 4) is 34.6 Å². The molecule has 1 aromatic heterocycles. The van der Waals surface area contributed by atoms with Gasteiger partial charge in [-0.2, -0.15) is 33.7 Å². The van der Waals surface area contributed by atoms with Crippen molar-refractivity contribution >= 4 is 53.1 Å². The fourth-order valence-electron chi connectivity index (χ4n) is 5.98. The summed E-state index contributed by atoms with van der Waals surface area (Å²) in [7, 11) is 0. The molecule has 0 N–H and O–H groups in total. The Labute approximate surface area is 257 Å². The van der Waals surface area contributed by atoms with Gasteiger partial charge in [0.05, 0.1) is 15.0 Å². The van der Waals surface area contributed by atoms with Crippen molar-refractivity contribution in [2.75, 3.05) is 0 Å². The second kappa shape index (κ2) is 10.2. The Kier molecular flexibility index (Phi) is 6.48. The summed E-state index contributed by atoms with van der Waals surface area (Å²) in [6.45, 7) is 1.45. The Bertz CT molecular complexity index is 2640. The molecule has 0 bridgehead atoms. The molecule has 1 heterocycles. The van der Waals surface area contributed by atoms with Gasteiger partial charge in [0.25, 0.3) is 0 Å². The summed E-state index contributed by atoms with van der Waals surface area (Å²) in [5.74, 6) is -5.61. The Balaban J connectivity index is 1.53. The maximum Gasteiger partial charge on any atom is 0.419 e. The third kappa shape index (κ3) is 4.25. The van der Waals surface area contributed by atoms with E-state index in [1.165, 1.54) is 36.5 Å². The molecule has 0 atom stereocenters. The van der Waals surface area contributed by atoms with Gasteiger partial charge in [-0.05, 0) is 81.9 Å². The fourth-order valence-corrected chi connectivity index (χ4v) is 7.31. The Morgan fingerprint density at radius 2 is 1.09 bits per heavy atom. The van der Waals surface area contributed by atoms with Crippen LogP contribution in [0.3, 0.4) is 0 Å². The minimum absolute atomic E-state index is 0.122. The number of fused-ring (bicyclic) bond motifs is 7. The molecular formula is C34H13F7N4S. The van der Waals surface area contributed by atoms with Gasteiger partial charge in [0, 0.05) is 21.5 Å². The summed E-state index contributed by atoms with van der Waals surface area (Å²) in [5, 5.41) is 23.2. The molecule has 0 fully saturated rings. The number of rotatable bonds is 2.